The van der Waals surface area contributed by atoms with E-state index in [0.717, 1.165) is 5.69 Å². The van der Waals surface area contributed by atoms with Gasteiger partial charge in [-0.3, -0.25) is 4.98 Å². The van der Waals surface area contributed by atoms with E-state index in [4.69, 9.17) is 8.92 Å². The fourth-order valence-electron chi connectivity index (χ4n) is 2.21. The summed E-state index contributed by atoms with van der Waals surface area (Å²) in [4.78, 5) is 4.05. The Bertz CT molecular complexity index is 932. The van der Waals surface area contributed by atoms with E-state index < -0.39 is 10.1 Å². The molecule has 6 nitrogen and oxygen atoms in total. The van der Waals surface area contributed by atoms with E-state index in [1.165, 1.54) is 12.1 Å². The van der Waals surface area contributed by atoms with Gasteiger partial charge in [0.05, 0.1) is 0 Å². The predicted molar refractivity (Wildman–Crippen MR) is 98.9 cm³/mol. The van der Waals surface area contributed by atoms with Crippen molar-refractivity contribution in [3.63, 3.8) is 0 Å². The van der Waals surface area contributed by atoms with Gasteiger partial charge in [0.15, 0.2) is 0 Å². The van der Waals surface area contributed by atoms with Crippen molar-refractivity contribution in [3.8, 4) is 11.5 Å². The lowest BCUT2D eigenvalue weighted by atomic mass is 10.3. The molecule has 0 bridgehead atoms. The summed E-state index contributed by atoms with van der Waals surface area (Å²) in [5, 5.41) is 3.20. The minimum absolute atomic E-state index is 0.105. The van der Waals surface area contributed by atoms with Crippen LogP contribution >= 0.6 is 0 Å². The van der Waals surface area contributed by atoms with Crippen LogP contribution in [0.4, 0.5) is 5.69 Å². The smallest absolute Gasteiger partial charge is 0.339 e. The molecule has 3 rings (SSSR count). The molecule has 3 aromatic rings. The molecule has 26 heavy (non-hydrogen) atoms. The average molecular weight is 370 g/mol. The van der Waals surface area contributed by atoms with E-state index in [-0.39, 0.29) is 10.6 Å². The molecule has 0 aliphatic rings. The number of benzene rings is 2. The van der Waals surface area contributed by atoms with Crippen LogP contribution in [0.3, 0.4) is 0 Å². The summed E-state index contributed by atoms with van der Waals surface area (Å²) >= 11 is 0. The Labute approximate surface area is 152 Å². The van der Waals surface area contributed by atoms with E-state index in [1.807, 2.05) is 12.1 Å². The van der Waals surface area contributed by atoms with E-state index in [2.05, 4.69) is 10.3 Å². The average Bonchev–Trinajstić information content (AvgIpc) is 2.67. The minimum Gasteiger partial charge on any atom is -0.492 e. The molecule has 0 atom stereocenters. The van der Waals surface area contributed by atoms with Gasteiger partial charge in [-0.15, -0.1) is 0 Å². The highest BCUT2D eigenvalue weighted by molar-refractivity contribution is 7.87. The van der Waals surface area contributed by atoms with Crippen LogP contribution in [0.2, 0.25) is 0 Å². The minimum atomic E-state index is -3.87. The number of pyridine rings is 1. The molecule has 1 N–H and O–H groups in total. The first kappa shape index (κ1) is 17.8. The number of hydrogen-bond acceptors (Lipinski definition) is 6. The summed E-state index contributed by atoms with van der Waals surface area (Å²) < 4.78 is 35.3. The van der Waals surface area contributed by atoms with E-state index in [9.17, 15) is 8.42 Å². The van der Waals surface area contributed by atoms with Crippen molar-refractivity contribution >= 4 is 15.8 Å². The van der Waals surface area contributed by atoms with Crippen molar-refractivity contribution in [1.29, 1.82) is 0 Å². The quantitative estimate of drug-likeness (QED) is 0.484. The Hall–Kier alpha value is -3.06. The fourth-order valence-corrected chi connectivity index (χ4v) is 3.16. The third kappa shape index (κ3) is 4.97. The first-order chi connectivity index (χ1) is 12.6. The van der Waals surface area contributed by atoms with Crippen LogP contribution in [0.15, 0.2) is 84.0 Å². The monoisotopic (exact) mass is 370 g/mol. The van der Waals surface area contributed by atoms with Crippen LogP contribution in [0.5, 0.6) is 11.5 Å². The molecule has 1 heterocycles. The zero-order valence-corrected chi connectivity index (χ0v) is 14.7. The number of nitrogens with zero attached hydrogens (tertiary/aromatic N) is 1. The van der Waals surface area contributed by atoms with Crippen LogP contribution in [-0.4, -0.2) is 26.6 Å². The van der Waals surface area contributed by atoms with Gasteiger partial charge in [0, 0.05) is 30.7 Å². The number of ether oxygens (including phenoxy) is 1. The van der Waals surface area contributed by atoms with Gasteiger partial charge in [-0.2, -0.15) is 8.42 Å². The lowest BCUT2D eigenvalue weighted by Crippen LogP contribution is -2.12. The van der Waals surface area contributed by atoms with Gasteiger partial charge in [-0.1, -0.05) is 24.3 Å². The number of aromatic nitrogens is 1. The van der Waals surface area contributed by atoms with Crippen LogP contribution in [0.1, 0.15) is 0 Å². The number of hydrogen-bond donors (Lipinski definition) is 1. The highest BCUT2D eigenvalue weighted by Gasteiger charge is 2.16. The Morgan fingerprint density at radius 3 is 2.38 bits per heavy atom. The van der Waals surface area contributed by atoms with Gasteiger partial charge in [-0.05, 0) is 36.4 Å². The van der Waals surface area contributed by atoms with Gasteiger partial charge in [-0.25, -0.2) is 0 Å². The molecule has 0 amide bonds. The predicted octanol–water partition coefficient (Wildman–Crippen LogP) is 3.34. The summed E-state index contributed by atoms with van der Waals surface area (Å²) in [7, 11) is -3.87. The van der Waals surface area contributed by atoms with Crippen molar-refractivity contribution in [2.24, 2.45) is 0 Å². The summed E-state index contributed by atoms with van der Waals surface area (Å²) in [5.74, 6) is 0.732. The first-order valence-electron chi connectivity index (χ1n) is 8.00. The molecular formula is C19H18N2O4S. The maximum absolute atomic E-state index is 12.3. The molecule has 7 heteroatoms. The summed E-state index contributed by atoms with van der Waals surface area (Å²) in [6.07, 6.45) is 3.41. The molecule has 0 aliphatic carbocycles. The van der Waals surface area contributed by atoms with Gasteiger partial charge in [0.1, 0.15) is 23.0 Å². The number of anilines is 1. The largest absolute Gasteiger partial charge is 0.492 e. The Morgan fingerprint density at radius 1 is 0.885 bits per heavy atom. The molecule has 0 spiro atoms. The van der Waals surface area contributed by atoms with Crippen molar-refractivity contribution in [2.45, 2.75) is 4.90 Å². The molecule has 2 aromatic carbocycles. The van der Waals surface area contributed by atoms with E-state index in [1.54, 1.807) is 54.9 Å². The second-order valence-corrected chi connectivity index (χ2v) is 6.88. The van der Waals surface area contributed by atoms with Crippen molar-refractivity contribution in [3.05, 3.63) is 79.1 Å². The highest BCUT2D eigenvalue weighted by Crippen LogP contribution is 2.23. The molecule has 0 radical (unpaired) electrons. The maximum Gasteiger partial charge on any atom is 0.339 e. The third-order valence-electron chi connectivity index (χ3n) is 3.42. The lowest BCUT2D eigenvalue weighted by Gasteiger charge is -2.10. The van der Waals surface area contributed by atoms with Crippen LogP contribution in [0.25, 0.3) is 0 Å². The van der Waals surface area contributed by atoms with Gasteiger partial charge >= 0.3 is 10.1 Å². The molecule has 0 saturated heterocycles. The third-order valence-corrected chi connectivity index (χ3v) is 4.68. The topological polar surface area (TPSA) is 77.5 Å². The molecule has 1 aromatic heterocycles. The Kier molecular flexibility index (Phi) is 5.70. The standard InChI is InChI=1S/C19H18N2O4S/c22-26(23,19-7-2-1-3-8-19)25-18-6-4-5-17(15-18)24-14-13-21-16-9-11-20-12-10-16/h1-12,15H,13-14H2,(H,20,21). The number of rotatable bonds is 8. The molecular weight excluding hydrogens is 352 g/mol. The normalized spacial score (nSPS) is 10.9. The Morgan fingerprint density at radius 2 is 1.62 bits per heavy atom. The van der Waals surface area contributed by atoms with E-state index in [0.29, 0.717) is 18.9 Å². The van der Waals surface area contributed by atoms with Crippen molar-refractivity contribution in [2.75, 3.05) is 18.5 Å². The lowest BCUT2D eigenvalue weighted by molar-refractivity contribution is 0.331. The zero-order chi connectivity index (χ0) is 18.2. The van der Waals surface area contributed by atoms with Gasteiger partial charge < -0.3 is 14.2 Å². The highest BCUT2D eigenvalue weighted by atomic mass is 32.2. The molecule has 134 valence electrons. The fraction of sp³-hybridized carbons (Fsp3) is 0.105. The SMILES string of the molecule is O=S(=O)(Oc1cccc(OCCNc2ccncc2)c1)c1ccccc1. The van der Waals surface area contributed by atoms with Crippen LogP contribution < -0.4 is 14.2 Å². The summed E-state index contributed by atoms with van der Waals surface area (Å²) in [6.45, 7) is 1.01. The maximum atomic E-state index is 12.3. The van der Waals surface area contributed by atoms with Crippen molar-refractivity contribution < 1.29 is 17.3 Å². The molecule has 0 unspecified atom stereocenters. The first-order valence-corrected chi connectivity index (χ1v) is 9.41. The summed E-state index contributed by atoms with van der Waals surface area (Å²) in [5.41, 5.74) is 0.953. The number of nitrogens with one attached hydrogen (secondary N) is 1. The zero-order valence-electron chi connectivity index (χ0n) is 13.9. The van der Waals surface area contributed by atoms with Gasteiger partial charge in [0.25, 0.3) is 0 Å². The van der Waals surface area contributed by atoms with Crippen LogP contribution in [-0.2, 0) is 10.1 Å². The summed E-state index contributed by atoms with van der Waals surface area (Å²) in [6, 6.07) is 18.3. The Balaban J connectivity index is 1.56. The van der Waals surface area contributed by atoms with Crippen LogP contribution in [0, 0.1) is 0 Å². The molecule has 0 fully saturated rings. The molecule has 0 aliphatic heterocycles. The second kappa shape index (κ2) is 8.35. The van der Waals surface area contributed by atoms with Gasteiger partial charge in [0.2, 0.25) is 0 Å². The molecule has 0 saturated carbocycles. The van der Waals surface area contributed by atoms with E-state index >= 15 is 0 Å². The second-order valence-electron chi connectivity index (χ2n) is 5.34. The van der Waals surface area contributed by atoms with Crippen molar-refractivity contribution in [1.82, 2.24) is 4.98 Å².